The second-order valence-corrected chi connectivity index (χ2v) is 7.45. The Bertz CT molecular complexity index is 1240. The second-order valence-electron chi connectivity index (χ2n) is 7.45. The van der Waals surface area contributed by atoms with Crippen molar-refractivity contribution < 1.29 is 4.74 Å². The van der Waals surface area contributed by atoms with E-state index in [1.165, 1.54) is 0 Å². The van der Waals surface area contributed by atoms with Gasteiger partial charge < -0.3 is 9.30 Å². The first kappa shape index (κ1) is 18.0. The second kappa shape index (κ2) is 7.09. The predicted octanol–water partition coefficient (Wildman–Crippen LogP) is 1.64. The van der Waals surface area contributed by atoms with Gasteiger partial charge in [-0.3, -0.25) is 14.1 Å². The van der Waals surface area contributed by atoms with E-state index in [1.54, 1.807) is 22.7 Å². The van der Waals surface area contributed by atoms with E-state index in [0.717, 1.165) is 36.1 Å². The van der Waals surface area contributed by atoms with Crippen molar-refractivity contribution >= 4 is 16.6 Å². The highest BCUT2D eigenvalue weighted by molar-refractivity contribution is 5.80. The molecule has 1 aliphatic heterocycles. The number of ether oxygens (including phenoxy) is 1. The van der Waals surface area contributed by atoms with E-state index < -0.39 is 0 Å². The Morgan fingerprint density at radius 3 is 2.83 bits per heavy atom. The molecular formula is C20H23N7O2. The molecule has 4 aromatic rings. The Kier molecular flexibility index (Phi) is 4.40. The molecule has 1 unspecified atom stereocenters. The zero-order chi connectivity index (χ0) is 20.0. The maximum absolute atomic E-state index is 13.4. The summed E-state index contributed by atoms with van der Waals surface area (Å²) < 4.78 is 10.4. The van der Waals surface area contributed by atoms with Gasteiger partial charge in [-0.15, -0.1) is 5.10 Å². The van der Waals surface area contributed by atoms with Crippen LogP contribution in [-0.4, -0.2) is 61.2 Å². The summed E-state index contributed by atoms with van der Waals surface area (Å²) >= 11 is 0. The lowest BCUT2D eigenvalue weighted by atomic mass is 10.2. The number of nitrogens with zero attached hydrogens (tertiary/aromatic N) is 7. The third kappa shape index (κ3) is 2.85. The number of benzene rings is 1. The molecular weight excluding hydrogens is 370 g/mol. The van der Waals surface area contributed by atoms with Gasteiger partial charge in [0.1, 0.15) is 12.0 Å². The summed E-state index contributed by atoms with van der Waals surface area (Å²) in [4.78, 5) is 20.2. The minimum Gasteiger partial charge on any atom is -0.383 e. The van der Waals surface area contributed by atoms with Crippen LogP contribution >= 0.6 is 0 Å². The SMILES string of the molecule is COCCn1c(=O)c2c(-n3cc(C4CCCN4C)nn3)ncn2c2ccccc21. The molecule has 1 aromatic carbocycles. The van der Waals surface area contributed by atoms with Crippen LogP contribution in [0.3, 0.4) is 0 Å². The molecule has 9 heteroatoms. The van der Waals surface area contributed by atoms with Gasteiger partial charge in [-0.25, -0.2) is 4.98 Å². The van der Waals surface area contributed by atoms with Crippen LogP contribution in [0, 0.1) is 0 Å². The summed E-state index contributed by atoms with van der Waals surface area (Å²) in [5.41, 5.74) is 3.02. The summed E-state index contributed by atoms with van der Waals surface area (Å²) in [7, 11) is 3.73. The maximum atomic E-state index is 13.4. The number of likely N-dealkylation sites (tertiary alicyclic amines) is 1. The highest BCUT2D eigenvalue weighted by Crippen LogP contribution is 2.29. The van der Waals surface area contributed by atoms with Crippen molar-refractivity contribution in [3.63, 3.8) is 0 Å². The third-order valence-electron chi connectivity index (χ3n) is 5.74. The molecule has 0 aliphatic carbocycles. The first-order chi connectivity index (χ1) is 14.2. The number of aromatic nitrogens is 6. The van der Waals surface area contributed by atoms with Gasteiger partial charge in [0.15, 0.2) is 11.3 Å². The van der Waals surface area contributed by atoms with E-state index in [1.807, 2.05) is 34.9 Å². The van der Waals surface area contributed by atoms with Gasteiger partial charge in [-0.05, 0) is 38.6 Å². The van der Waals surface area contributed by atoms with E-state index in [-0.39, 0.29) is 11.6 Å². The molecule has 0 amide bonds. The minimum atomic E-state index is -0.122. The van der Waals surface area contributed by atoms with E-state index >= 15 is 0 Å². The topological polar surface area (TPSA) is 82.5 Å². The van der Waals surface area contributed by atoms with Crippen molar-refractivity contribution in [3.05, 3.63) is 52.8 Å². The standard InChI is InChI=1S/C20H23N7O2/c1-24-9-5-8-15(24)14-12-27(23-22-14)19-18-20(28)25(10-11-29-2)16-6-3-4-7-17(16)26(18)13-21-19/h3-4,6-7,12-13,15H,5,8-11H2,1-2H3. The van der Waals surface area contributed by atoms with Crippen molar-refractivity contribution in [3.8, 4) is 5.82 Å². The highest BCUT2D eigenvalue weighted by atomic mass is 16.5. The fourth-order valence-corrected chi connectivity index (χ4v) is 4.24. The van der Waals surface area contributed by atoms with Crippen LogP contribution in [0.2, 0.25) is 0 Å². The molecule has 150 valence electrons. The van der Waals surface area contributed by atoms with Crippen LogP contribution in [0.15, 0.2) is 41.6 Å². The Hall–Kier alpha value is -3.04. The quantitative estimate of drug-likeness (QED) is 0.513. The van der Waals surface area contributed by atoms with Crippen LogP contribution in [0.1, 0.15) is 24.6 Å². The molecule has 1 saturated heterocycles. The molecule has 1 atom stereocenters. The minimum absolute atomic E-state index is 0.122. The summed E-state index contributed by atoms with van der Waals surface area (Å²) in [6.45, 7) is 1.97. The van der Waals surface area contributed by atoms with E-state index in [0.29, 0.717) is 24.5 Å². The van der Waals surface area contributed by atoms with E-state index in [2.05, 4.69) is 27.2 Å². The first-order valence-corrected chi connectivity index (χ1v) is 9.79. The van der Waals surface area contributed by atoms with Crippen molar-refractivity contribution in [1.82, 2.24) is 33.8 Å². The molecule has 0 saturated carbocycles. The summed E-state index contributed by atoms with van der Waals surface area (Å²) in [6.07, 6.45) is 5.78. The lowest BCUT2D eigenvalue weighted by Crippen LogP contribution is -2.25. The van der Waals surface area contributed by atoms with Crippen molar-refractivity contribution in [2.75, 3.05) is 27.3 Å². The highest BCUT2D eigenvalue weighted by Gasteiger charge is 2.26. The van der Waals surface area contributed by atoms with Gasteiger partial charge in [-0.1, -0.05) is 17.3 Å². The largest absolute Gasteiger partial charge is 0.383 e. The number of methoxy groups -OCH3 is 1. The zero-order valence-electron chi connectivity index (χ0n) is 16.5. The molecule has 0 bridgehead atoms. The fraction of sp³-hybridized carbons (Fsp3) is 0.400. The molecule has 3 aromatic heterocycles. The third-order valence-corrected chi connectivity index (χ3v) is 5.74. The van der Waals surface area contributed by atoms with Crippen LogP contribution < -0.4 is 5.56 Å². The molecule has 0 N–H and O–H groups in total. The van der Waals surface area contributed by atoms with Gasteiger partial charge in [0.25, 0.3) is 5.56 Å². The molecule has 1 aliphatic rings. The van der Waals surface area contributed by atoms with Crippen LogP contribution in [0.5, 0.6) is 0 Å². The molecule has 9 nitrogen and oxygen atoms in total. The Morgan fingerprint density at radius 2 is 2.07 bits per heavy atom. The van der Waals surface area contributed by atoms with Crippen molar-refractivity contribution in [2.45, 2.75) is 25.4 Å². The monoisotopic (exact) mass is 393 g/mol. The molecule has 0 radical (unpaired) electrons. The number of imidazole rings is 1. The average molecular weight is 393 g/mol. The van der Waals surface area contributed by atoms with Crippen LogP contribution in [-0.2, 0) is 11.3 Å². The lowest BCUT2D eigenvalue weighted by molar-refractivity contribution is 0.187. The van der Waals surface area contributed by atoms with Gasteiger partial charge in [0, 0.05) is 13.7 Å². The molecule has 1 fully saturated rings. The number of fused-ring (bicyclic) bond motifs is 3. The molecule has 5 rings (SSSR count). The maximum Gasteiger partial charge on any atom is 0.279 e. The fourth-order valence-electron chi connectivity index (χ4n) is 4.24. The van der Waals surface area contributed by atoms with E-state index in [9.17, 15) is 4.79 Å². The van der Waals surface area contributed by atoms with Gasteiger partial charge in [-0.2, -0.15) is 4.68 Å². The van der Waals surface area contributed by atoms with Crippen LogP contribution in [0.25, 0.3) is 22.4 Å². The van der Waals surface area contributed by atoms with Crippen molar-refractivity contribution in [2.24, 2.45) is 0 Å². The van der Waals surface area contributed by atoms with E-state index in [4.69, 9.17) is 4.74 Å². The zero-order valence-corrected chi connectivity index (χ0v) is 16.5. The number of hydrogen-bond acceptors (Lipinski definition) is 6. The average Bonchev–Trinajstić information content (AvgIpc) is 3.46. The Labute approximate surface area is 167 Å². The predicted molar refractivity (Wildman–Crippen MR) is 108 cm³/mol. The Balaban J connectivity index is 1.69. The summed E-state index contributed by atoms with van der Waals surface area (Å²) in [6, 6.07) is 8.06. The van der Waals surface area contributed by atoms with Crippen molar-refractivity contribution in [1.29, 1.82) is 0 Å². The Morgan fingerprint density at radius 1 is 1.24 bits per heavy atom. The molecule has 29 heavy (non-hydrogen) atoms. The number of rotatable bonds is 5. The normalized spacial score (nSPS) is 17.7. The van der Waals surface area contributed by atoms with Gasteiger partial charge in [0.2, 0.25) is 0 Å². The van der Waals surface area contributed by atoms with Gasteiger partial charge in [0.05, 0.1) is 29.9 Å². The number of hydrogen-bond donors (Lipinski definition) is 0. The first-order valence-electron chi connectivity index (χ1n) is 9.79. The lowest BCUT2D eigenvalue weighted by Gasteiger charge is -2.15. The summed E-state index contributed by atoms with van der Waals surface area (Å²) in [5, 5.41) is 8.66. The van der Waals surface area contributed by atoms with Crippen LogP contribution in [0.4, 0.5) is 0 Å². The van der Waals surface area contributed by atoms with Gasteiger partial charge >= 0.3 is 0 Å². The smallest absolute Gasteiger partial charge is 0.279 e. The summed E-state index contributed by atoms with van der Waals surface area (Å²) in [5.74, 6) is 0.492. The molecule has 4 heterocycles. The number of para-hydroxylation sites is 2. The molecule has 0 spiro atoms.